The number of morpholine rings is 1. The van der Waals surface area contributed by atoms with Gasteiger partial charge in [-0.3, -0.25) is 9.59 Å². The van der Waals surface area contributed by atoms with Crippen molar-refractivity contribution in [1.82, 2.24) is 15.0 Å². The summed E-state index contributed by atoms with van der Waals surface area (Å²) < 4.78 is 17.7. The van der Waals surface area contributed by atoms with Crippen LogP contribution in [0.25, 0.3) is 0 Å². The lowest BCUT2D eigenvalue weighted by atomic mass is 9.90. The van der Waals surface area contributed by atoms with Crippen molar-refractivity contribution in [3.63, 3.8) is 0 Å². The van der Waals surface area contributed by atoms with Crippen LogP contribution in [-0.2, 0) is 22.4 Å². The third-order valence-electron chi connectivity index (χ3n) is 7.07. The van der Waals surface area contributed by atoms with Gasteiger partial charge in [0, 0.05) is 25.6 Å². The van der Waals surface area contributed by atoms with Crippen LogP contribution in [0.4, 0.5) is 0 Å². The van der Waals surface area contributed by atoms with E-state index in [-0.39, 0.29) is 18.4 Å². The molecule has 0 aliphatic carbocycles. The Morgan fingerprint density at radius 2 is 1.97 bits per heavy atom. The van der Waals surface area contributed by atoms with E-state index in [4.69, 9.17) is 14.0 Å². The maximum absolute atomic E-state index is 14.1. The first-order valence-electron chi connectivity index (χ1n) is 13.4. The maximum atomic E-state index is 14.1. The van der Waals surface area contributed by atoms with Crippen LogP contribution in [0, 0.1) is 0 Å². The lowest BCUT2D eigenvalue weighted by Crippen LogP contribution is -2.62. The van der Waals surface area contributed by atoms with Gasteiger partial charge in [0.05, 0.1) is 19.7 Å². The lowest BCUT2D eigenvalue weighted by molar-refractivity contribution is -0.170. The standard InChI is InChI=1S/C28H39N3O5/c1-3-5-15-30-16-18-34-25-13-7-6-11-22(25)12-8-9-14-28(27(30)33)21-31(17-19-35-28)26(32)24-20-23(10-4-2)36-29-24/h6-7,11,13,20H,3-5,8-10,12,14-19,21H2,1-2H3. The fourth-order valence-electron chi connectivity index (χ4n) is 5.08. The molecule has 2 aliphatic heterocycles. The molecule has 4 rings (SSSR count). The number of aryl methyl sites for hydroxylation is 2. The summed E-state index contributed by atoms with van der Waals surface area (Å²) in [5, 5.41) is 4.00. The molecule has 0 saturated carbocycles. The van der Waals surface area contributed by atoms with Crippen LogP contribution < -0.4 is 4.74 Å². The maximum Gasteiger partial charge on any atom is 0.276 e. The van der Waals surface area contributed by atoms with E-state index in [0.29, 0.717) is 50.7 Å². The van der Waals surface area contributed by atoms with Gasteiger partial charge in [-0.2, -0.15) is 0 Å². The molecule has 2 aromatic rings. The summed E-state index contributed by atoms with van der Waals surface area (Å²) in [6, 6.07) is 9.86. The Labute approximate surface area is 213 Å². The van der Waals surface area contributed by atoms with Crippen molar-refractivity contribution in [3.05, 3.63) is 47.3 Å². The lowest BCUT2D eigenvalue weighted by Gasteiger charge is -2.44. The molecular formula is C28H39N3O5. The Kier molecular flexibility index (Phi) is 9.02. The molecule has 8 nitrogen and oxygen atoms in total. The largest absolute Gasteiger partial charge is 0.491 e. The number of hydrogen-bond acceptors (Lipinski definition) is 6. The number of ether oxygens (including phenoxy) is 2. The van der Waals surface area contributed by atoms with Gasteiger partial charge in [0.15, 0.2) is 11.3 Å². The predicted molar refractivity (Wildman–Crippen MR) is 136 cm³/mol. The van der Waals surface area contributed by atoms with Crippen molar-refractivity contribution in [3.8, 4) is 5.75 Å². The first-order valence-corrected chi connectivity index (χ1v) is 13.4. The van der Waals surface area contributed by atoms with Crippen LogP contribution in [0.1, 0.15) is 74.2 Å². The Bertz CT molecular complexity index is 1020. The number of aromatic nitrogens is 1. The number of para-hydroxylation sites is 1. The fourth-order valence-corrected chi connectivity index (χ4v) is 5.08. The van der Waals surface area contributed by atoms with E-state index in [0.717, 1.165) is 50.7 Å². The molecule has 1 unspecified atom stereocenters. The molecule has 1 aromatic heterocycles. The Balaban J connectivity index is 1.56. The van der Waals surface area contributed by atoms with Gasteiger partial charge >= 0.3 is 0 Å². The van der Waals surface area contributed by atoms with Crippen molar-refractivity contribution in [2.45, 2.75) is 70.8 Å². The monoisotopic (exact) mass is 497 g/mol. The second-order valence-electron chi connectivity index (χ2n) is 9.81. The Morgan fingerprint density at radius 1 is 1.11 bits per heavy atom. The Hall–Kier alpha value is -2.87. The minimum atomic E-state index is -1.06. The highest BCUT2D eigenvalue weighted by molar-refractivity contribution is 5.93. The molecule has 2 aliphatic rings. The normalized spacial score (nSPS) is 21.4. The van der Waals surface area contributed by atoms with E-state index in [9.17, 15) is 9.59 Å². The smallest absolute Gasteiger partial charge is 0.276 e. The van der Waals surface area contributed by atoms with Crippen molar-refractivity contribution in [2.24, 2.45) is 0 Å². The van der Waals surface area contributed by atoms with Crippen LogP contribution in [0.15, 0.2) is 34.9 Å². The SMILES string of the molecule is CCCCN1CCOc2ccccc2CCCCC2(CN(C(=O)c3cc(CCC)on3)CCO2)C1=O. The van der Waals surface area contributed by atoms with Crippen molar-refractivity contribution in [2.75, 3.05) is 39.4 Å². The highest BCUT2D eigenvalue weighted by atomic mass is 16.5. The fraction of sp³-hybridized carbons (Fsp3) is 0.607. The summed E-state index contributed by atoms with van der Waals surface area (Å²) in [5.74, 6) is 1.35. The molecule has 0 bridgehead atoms. The van der Waals surface area contributed by atoms with E-state index in [1.807, 2.05) is 23.1 Å². The molecule has 1 atom stereocenters. The second kappa shape index (κ2) is 12.4. The van der Waals surface area contributed by atoms with Crippen LogP contribution in [-0.4, -0.2) is 71.8 Å². The molecule has 0 N–H and O–H groups in total. The molecular weight excluding hydrogens is 458 g/mol. The van der Waals surface area contributed by atoms with E-state index in [2.05, 4.69) is 25.1 Å². The van der Waals surface area contributed by atoms with Gasteiger partial charge < -0.3 is 23.8 Å². The highest BCUT2D eigenvalue weighted by Gasteiger charge is 2.47. The van der Waals surface area contributed by atoms with Gasteiger partial charge in [-0.25, -0.2) is 0 Å². The van der Waals surface area contributed by atoms with E-state index in [1.165, 1.54) is 5.56 Å². The van der Waals surface area contributed by atoms with Gasteiger partial charge in [-0.15, -0.1) is 0 Å². The second-order valence-corrected chi connectivity index (χ2v) is 9.81. The predicted octanol–water partition coefficient (Wildman–Crippen LogP) is 4.27. The van der Waals surface area contributed by atoms with Crippen molar-refractivity contribution in [1.29, 1.82) is 0 Å². The average Bonchev–Trinajstić information content (AvgIpc) is 3.37. The summed E-state index contributed by atoms with van der Waals surface area (Å²) >= 11 is 0. The zero-order valence-corrected chi connectivity index (χ0v) is 21.7. The van der Waals surface area contributed by atoms with Crippen LogP contribution in [0.5, 0.6) is 5.75 Å². The number of carbonyl (C=O) groups is 2. The third kappa shape index (κ3) is 6.09. The number of hydrogen-bond donors (Lipinski definition) is 0. The van der Waals surface area contributed by atoms with Crippen LogP contribution in [0.2, 0.25) is 0 Å². The molecule has 1 fully saturated rings. The van der Waals surface area contributed by atoms with Crippen molar-refractivity contribution < 1.29 is 23.6 Å². The Morgan fingerprint density at radius 3 is 2.81 bits per heavy atom. The number of unbranched alkanes of at least 4 members (excludes halogenated alkanes) is 1. The number of benzene rings is 1. The summed E-state index contributed by atoms with van der Waals surface area (Å²) in [6.07, 6.45) is 6.71. The van der Waals surface area contributed by atoms with Gasteiger partial charge in [-0.05, 0) is 50.2 Å². The zero-order chi connectivity index (χ0) is 25.4. The molecule has 2 amide bonds. The van der Waals surface area contributed by atoms with Crippen LogP contribution >= 0.6 is 0 Å². The van der Waals surface area contributed by atoms with Gasteiger partial charge in [0.1, 0.15) is 18.1 Å². The zero-order valence-electron chi connectivity index (χ0n) is 21.7. The van der Waals surface area contributed by atoms with Gasteiger partial charge in [0.2, 0.25) is 0 Å². The molecule has 3 heterocycles. The molecule has 8 heteroatoms. The van der Waals surface area contributed by atoms with E-state index in [1.54, 1.807) is 11.0 Å². The molecule has 1 aromatic carbocycles. The number of amides is 2. The number of nitrogens with zero attached hydrogens (tertiary/aromatic N) is 3. The first-order chi connectivity index (χ1) is 17.6. The molecule has 1 spiro atoms. The summed E-state index contributed by atoms with van der Waals surface area (Å²) in [5.41, 5.74) is 0.425. The molecule has 36 heavy (non-hydrogen) atoms. The minimum Gasteiger partial charge on any atom is -0.491 e. The van der Waals surface area contributed by atoms with Gasteiger partial charge in [0.25, 0.3) is 11.8 Å². The summed E-state index contributed by atoms with van der Waals surface area (Å²) in [6.45, 7) is 6.68. The minimum absolute atomic E-state index is 0.0438. The number of carbonyl (C=O) groups excluding carboxylic acids is 2. The molecule has 1 saturated heterocycles. The van der Waals surface area contributed by atoms with E-state index < -0.39 is 5.60 Å². The average molecular weight is 498 g/mol. The number of fused-ring (bicyclic) bond motifs is 1. The first kappa shape index (κ1) is 26.2. The number of rotatable bonds is 6. The quantitative estimate of drug-likeness (QED) is 0.593. The summed E-state index contributed by atoms with van der Waals surface area (Å²) in [7, 11) is 0. The van der Waals surface area contributed by atoms with E-state index >= 15 is 0 Å². The topological polar surface area (TPSA) is 85.1 Å². The van der Waals surface area contributed by atoms with Crippen molar-refractivity contribution >= 4 is 11.8 Å². The third-order valence-corrected chi connectivity index (χ3v) is 7.07. The van der Waals surface area contributed by atoms with Gasteiger partial charge in [-0.1, -0.05) is 43.6 Å². The highest BCUT2D eigenvalue weighted by Crippen LogP contribution is 2.30. The van der Waals surface area contributed by atoms with Crippen LogP contribution in [0.3, 0.4) is 0 Å². The molecule has 0 radical (unpaired) electrons. The molecule has 196 valence electrons. The summed E-state index contributed by atoms with van der Waals surface area (Å²) in [4.78, 5) is 31.0.